The fraction of sp³-hybridized carbons (Fsp3) is 0.182. The zero-order valence-corrected chi connectivity index (χ0v) is 17.4. The quantitative estimate of drug-likeness (QED) is 0.425. The summed E-state index contributed by atoms with van der Waals surface area (Å²) in [4.78, 5) is 26.9. The van der Waals surface area contributed by atoms with Crippen molar-refractivity contribution in [2.75, 3.05) is 6.54 Å². The minimum atomic E-state index is -0.640. The van der Waals surface area contributed by atoms with Gasteiger partial charge in [0.15, 0.2) is 0 Å². The van der Waals surface area contributed by atoms with Crippen molar-refractivity contribution in [1.82, 2.24) is 39.7 Å². The second-order valence-electron chi connectivity index (χ2n) is 7.75. The second kappa shape index (κ2) is 7.33. The lowest BCUT2D eigenvalue weighted by Gasteiger charge is -2.32. The number of imidazole rings is 1. The summed E-state index contributed by atoms with van der Waals surface area (Å²) in [7, 11) is 0. The van der Waals surface area contributed by atoms with Gasteiger partial charge >= 0.3 is 11.8 Å². The first-order chi connectivity index (χ1) is 16.1. The van der Waals surface area contributed by atoms with E-state index in [1.54, 1.807) is 35.5 Å². The molecule has 0 unspecified atom stereocenters. The van der Waals surface area contributed by atoms with E-state index < -0.39 is 17.9 Å². The van der Waals surface area contributed by atoms with Gasteiger partial charge in [-0.05, 0) is 37.3 Å². The number of fused-ring (bicyclic) bond motifs is 2. The molecule has 6 rings (SSSR count). The molecule has 1 atom stereocenters. The molecule has 0 bridgehead atoms. The number of hydrogen-bond donors (Lipinski definition) is 1. The van der Waals surface area contributed by atoms with E-state index in [2.05, 4.69) is 30.2 Å². The van der Waals surface area contributed by atoms with Crippen molar-refractivity contribution in [3.63, 3.8) is 0 Å². The Bertz CT molecular complexity index is 1500. The number of rotatable bonds is 3. The standard InChI is InChI=1S/C22H17FN8O2/c1-12-4-2-6-15(26-12)20-27-28-21(33-20)22(32)30-9-8-14-18(25-11-24-14)19(30)16-10-13-5-3-7-17(23)31(13)29-16/h2-7,10-11,19H,8-9H2,1H3,(H,24,25)/t19-/m1/s1. The van der Waals surface area contributed by atoms with Crippen LogP contribution < -0.4 is 0 Å². The fourth-order valence-corrected chi connectivity index (χ4v) is 4.13. The summed E-state index contributed by atoms with van der Waals surface area (Å²) < 4.78 is 21.2. The number of aromatic nitrogens is 7. The maximum absolute atomic E-state index is 14.3. The third kappa shape index (κ3) is 3.16. The van der Waals surface area contributed by atoms with E-state index >= 15 is 0 Å². The van der Waals surface area contributed by atoms with Gasteiger partial charge in [0.2, 0.25) is 5.95 Å². The predicted molar refractivity (Wildman–Crippen MR) is 113 cm³/mol. The summed E-state index contributed by atoms with van der Waals surface area (Å²) in [5.74, 6) is -0.961. The average Bonchev–Trinajstić information content (AvgIpc) is 3.57. The lowest BCUT2D eigenvalue weighted by Crippen LogP contribution is -2.41. The summed E-state index contributed by atoms with van der Waals surface area (Å²) in [5, 5.41) is 12.4. The highest BCUT2D eigenvalue weighted by Crippen LogP contribution is 2.34. The molecule has 6 heterocycles. The van der Waals surface area contributed by atoms with E-state index in [-0.39, 0.29) is 11.8 Å². The Morgan fingerprint density at radius 1 is 1.21 bits per heavy atom. The Morgan fingerprint density at radius 2 is 2.09 bits per heavy atom. The molecule has 164 valence electrons. The van der Waals surface area contributed by atoms with Crippen molar-refractivity contribution < 1.29 is 13.6 Å². The summed E-state index contributed by atoms with van der Waals surface area (Å²) in [6, 6.07) is 11.2. The summed E-state index contributed by atoms with van der Waals surface area (Å²) >= 11 is 0. The third-order valence-corrected chi connectivity index (χ3v) is 5.64. The van der Waals surface area contributed by atoms with Crippen molar-refractivity contribution in [3.05, 3.63) is 83.4 Å². The first-order valence-corrected chi connectivity index (χ1v) is 10.3. The van der Waals surface area contributed by atoms with Crippen molar-refractivity contribution in [1.29, 1.82) is 0 Å². The molecule has 10 nitrogen and oxygen atoms in total. The van der Waals surface area contributed by atoms with Gasteiger partial charge in [0.25, 0.3) is 5.89 Å². The summed E-state index contributed by atoms with van der Waals surface area (Å²) in [6.07, 6.45) is 2.15. The van der Waals surface area contributed by atoms with Gasteiger partial charge in [-0.2, -0.15) is 9.49 Å². The van der Waals surface area contributed by atoms with Crippen LogP contribution in [0, 0.1) is 12.9 Å². The largest absolute Gasteiger partial charge is 0.411 e. The molecule has 1 N–H and O–H groups in total. The molecule has 0 aromatic carbocycles. The van der Waals surface area contributed by atoms with Gasteiger partial charge in [-0.15, -0.1) is 10.2 Å². The summed E-state index contributed by atoms with van der Waals surface area (Å²) in [5.41, 5.74) is 3.89. The molecule has 5 aromatic heterocycles. The highest BCUT2D eigenvalue weighted by Gasteiger charge is 2.38. The van der Waals surface area contributed by atoms with Gasteiger partial charge in [0.05, 0.1) is 23.2 Å². The van der Waals surface area contributed by atoms with Crippen LogP contribution in [0.1, 0.15) is 39.5 Å². The van der Waals surface area contributed by atoms with Crippen LogP contribution in [0.3, 0.4) is 0 Å². The predicted octanol–water partition coefficient (Wildman–Crippen LogP) is 2.74. The SMILES string of the molecule is Cc1cccc(-c2nnc(C(=O)N3CCc4[nH]cnc4[C@H]3c3cc4cccc(F)n4n3)o2)n1. The Hall–Kier alpha value is -4.41. The monoisotopic (exact) mass is 444 g/mol. The molecule has 0 aliphatic carbocycles. The fourth-order valence-electron chi connectivity index (χ4n) is 4.13. The van der Waals surface area contributed by atoms with Gasteiger partial charge in [-0.1, -0.05) is 12.1 Å². The number of carbonyl (C=O) groups excluding carboxylic acids is 1. The number of amides is 1. The van der Waals surface area contributed by atoms with Crippen LogP contribution in [0.2, 0.25) is 0 Å². The maximum Gasteiger partial charge on any atom is 0.312 e. The lowest BCUT2D eigenvalue weighted by atomic mass is 9.99. The average molecular weight is 444 g/mol. The number of nitrogens with one attached hydrogen (secondary N) is 1. The molecule has 5 aromatic rings. The number of halogens is 1. The van der Waals surface area contributed by atoms with Crippen LogP contribution in [-0.4, -0.2) is 52.1 Å². The van der Waals surface area contributed by atoms with E-state index in [1.165, 1.54) is 10.6 Å². The van der Waals surface area contributed by atoms with Crippen molar-refractivity contribution >= 4 is 11.4 Å². The molecule has 0 saturated carbocycles. The number of aromatic amines is 1. The van der Waals surface area contributed by atoms with Crippen LogP contribution in [0.25, 0.3) is 17.1 Å². The Labute approximate surface area is 186 Å². The van der Waals surface area contributed by atoms with Crippen LogP contribution in [0.5, 0.6) is 0 Å². The number of nitrogens with zero attached hydrogens (tertiary/aromatic N) is 7. The van der Waals surface area contributed by atoms with Crippen molar-refractivity contribution in [2.45, 2.75) is 19.4 Å². The van der Waals surface area contributed by atoms with Crippen molar-refractivity contribution in [2.24, 2.45) is 0 Å². The number of carbonyl (C=O) groups is 1. The zero-order chi connectivity index (χ0) is 22.5. The van der Waals surface area contributed by atoms with Crippen LogP contribution in [0.15, 0.2) is 53.2 Å². The first-order valence-electron chi connectivity index (χ1n) is 10.3. The Kier molecular flexibility index (Phi) is 4.28. The molecule has 0 spiro atoms. The number of aryl methyl sites for hydroxylation is 1. The van der Waals surface area contributed by atoms with E-state index in [9.17, 15) is 9.18 Å². The normalized spacial score (nSPS) is 15.7. The van der Waals surface area contributed by atoms with E-state index in [1.807, 2.05) is 19.1 Å². The first kappa shape index (κ1) is 19.3. The van der Waals surface area contributed by atoms with Crippen LogP contribution in [0.4, 0.5) is 4.39 Å². The molecule has 1 aliphatic heterocycles. The van der Waals surface area contributed by atoms with E-state index in [0.717, 1.165) is 11.4 Å². The zero-order valence-electron chi connectivity index (χ0n) is 17.4. The molecule has 11 heteroatoms. The molecule has 33 heavy (non-hydrogen) atoms. The van der Waals surface area contributed by atoms with Gasteiger partial charge in [0, 0.05) is 24.4 Å². The topological polar surface area (TPSA) is 118 Å². The van der Waals surface area contributed by atoms with Gasteiger partial charge in [-0.25, -0.2) is 14.5 Å². The number of H-pyrrole nitrogens is 1. The minimum Gasteiger partial charge on any atom is -0.411 e. The van der Waals surface area contributed by atoms with E-state index in [4.69, 9.17) is 4.42 Å². The van der Waals surface area contributed by atoms with Crippen LogP contribution >= 0.6 is 0 Å². The van der Waals surface area contributed by atoms with Crippen molar-refractivity contribution in [3.8, 4) is 11.6 Å². The van der Waals surface area contributed by atoms with Crippen LogP contribution in [-0.2, 0) is 6.42 Å². The molecular formula is C22H17FN8O2. The Morgan fingerprint density at radius 3 is 2.94 bits per heavy atom. The lowest BCUT2D eigenvalue weighted by molar-refractivity contribution is 0.0646. The molecular weight excluding hydrogens is 427 g/mol. The van der Waals surface area contributed by atoms with Gasteiger partial charge < -0.3 is 14.3 Å². The minimum absolute atomic E-state index is 0.158. The second-order valence-corrected chi connectivity index (χ2v) is 7.75. The number of pyridine rings is 2. The highest BCUT2D eigenvalue weighted by molar-refractivity contribution is 5.90. The van der Waals surface area contributed by atoms with Gasteiger partial charge in [0.1, 0.15) is 11.7 Å². The molecule has 1 amide bonds. The summed E-state index contributed by atoms with van der Waals surface area (Å²) in [6.45, 7) is 2.22. The molecule has 0 saturated heterocycles. The smallest absolute Gasteiger partial charge is 0.312 e. The number of hydrogen-bond acceptors (Lipinski definition) is 7. The van der Waals surface area contributed by atoms with E-state index in [0.29, 0.717) is 35.6 Å². The molecule has 1 aliphatic rings. The highest BCUT2D eigenvalue weighted by atomic mass is 19.1. The maximum atomic E-state index is 14.3. The van der Waals surface area contributed by atoms with Gasteiger partial charge in [-0.3, -0.25) is 4.79 Å². The third-order valence-electron chi connectivity index (χ3n) is 5.64. The molecule has 0 fully saturated rings. The molecule has 0 radical (unpaired) electrons. The Balaban J connectivity index is 1.40.